The topological polar surface area (TPSA) is 83.7 Å². The normalized spacial score (nSPS) is 18.2. The molecule has 114 valence electrons. The van der Waals surface area contributed by atoms with Crippen LogP contribution in [0.1, 0.15) is 30.5 Å². The number of piperidine rings is 1. The summed E-state index contributed by atoms with van der Waals surface area (Å²) in [6.07, 6.45) is 2.22. The van der Waals surface area contributed by atoms with E-state index in [9.17, 15) is 0 Å². The predicted molar refractivity (Wildman–Crippen MR) is 85.6 cm³/mol. The lowest BCUT2D eigenvalue weighted by molar-refractivity contribution is 0.352. The van der Waals surface area contributed by atoms with Gasteiger partial charge in [-0.05, 0) is 39.5 Å². The summed E-state index contributed by atoms with van der Waals surface area (Å²) < 4.78 is 0. The highest BCUT2D eigenvalue weighted by atomic mass is 32.1. The molecule has 0 radical (unpaired) electrons. The molecule has 0 amide bonds. The lowest BCUT2D eigenvalue weighted by Crippen LogP contribution is -2.40. The summed E-state index contributed by atoms with van der Waals surface area (Å²) >= 11 is 1.65. The van der Waals surface area contributed by atoms with Gasteiger partial charge in [-0.1, -0.05) is 0 Å². The minimum Gasteiger partial charge on any atom is -0.340 e. The van der Waals surface area contributed by atoms with E-state index in [0.717, 1.165) is 53.3 Å². The van der Waals surface area contributed by atoms with Gasteiger partial charge in [-0.3, -0.25) is 5.10 Å². The van der Waals surface area contributed by atoms with Crippen molar-refractivity contribution < 1.29 is 0 Å². The van der Waals surface area contributed by atoms with Crippen molar-refractivity contribution in [3.05, 3.63) is 10.7 Å². The fourth-order valence-corrected chi connectivity index (χ4v) is 3.73. The van der Waals surface area contributed by atoms with Crippen LogP contribution in [0.15, 0.2) is 0 Å². The second kappa shape index (κ2) is 5.73. The van der Waals surface area contributed by atoms with Crippen LogP contribution in [0.5, 0.6) is 0 Å². The summed E-state index contributed by atoms with van der Waals surface area (Å²) in [6, 6.07) is 0.276. The largest absolute Gasteiger partial charge is 0.340 e. The molecular formula is C14H22N6S. The molecule has 1 aliphatic rings. The number of nitrogens with one attached hydrogen (secondary N) is 1. The number of hydrogen-bond donors (Lipinski definition) is 2. The maximum atomic E-state index is 5.99. The number of thiazole rings is 1. The molecule has 0 aromatic carbocycles. The molecule has 6 nitrogen and oxygen atoms in total. The van der Waals surface area contributed by atoms with E-state index >= 15 is 0 Å². The summed E-state index contributed by atoms with van der Waals surface area (Å²) in [6.45, 7) is 8.07. The number of aromatic amines is 1. The van der Waals surface area contributed by atoms with Gasteiger partial charge in [0.05, 0.1) is 15.6 Å². The summed E-state index contributed by atoms with van der Waals surface area (Å²) in [5.74, 6) is 2.23. The number of aryl methyl sites for hydroxylation is 2. The third-order valence-electron chi connectivity index (χ3n) is 4.16. The fourth-order valence-electron chi connectivity index (χ4n) is 2.87. The van der Waals surface area contributed by atoms with Gasteiger partial charge in [-0.2, -0.15) is 4.98 Å². The Labute approximate surface area is 128 Å². The van der Waals surface area contributed by atoms with Gasteiger partial charge >= 0.3 is 0 Å². The molecule has 1 aliphatic heterocycles. The van der Waals surface area contributed by atoms with Crippen molar-refractivity contribution in [3.8, 4) is 10.7 Å². The van der Waals surface area contributed by atoms with Gasteiger partial charge in [0.2, 0.25) is 5.95 Å². The number of nitrogens with zero attached hydrogens (tertiary/aromatic N) is 4. The first kappa shape index (κ1) is 14.5. The van der Waals surface area contributed by atoms with E-state index in [0.29, 0.717) is 5.92 Å². The Morgan fingerprint density at radius 1 is 1.29 bits per heavy atom. The number of nitrogens with two attached hydrogens (primary N) is 1. The summed E-state index contributed by atoms with van der Waals surface area (Å²) in [7, 11) is 0. The maximum absolute atomic E-state index is 5.99. The molecule has 0 spiro atoms. The maximum Gasteiger partial charge on any atom is 0.245 e. The highest BCUT2D eigenvalue weighted by molar-refractivity contribution is 7.15. The Hall–Kier alpha value is -1.47. The average Bonchev–Trinajstić information content (AvgIpc) is 3.05. The Morgan fingerprint density at radius 3 is 2.57 bits per heavy atom. The van der Waals surface area contributed by atoms with Gasteiger partial charge < -0.3 is 10.6 Å². The number of hydrogen-bond acceptors (Lipinski definition) is 6. The van der Waals surface area contributed by atoms with Crippen molar-refractivity contribution in [1.29, 1.82) is 0 Å². The van der Waals surface area contributed by atoms with Gasteiger partial charge in [0.15, 0.2) is 5.82 Å². The molecule has 3 N–H and O–H groups in total. The van der Waals surface area contributed by atoms with Crippen LogP contribution in [0.3, 0.4) is 0 Å². The first-order valence-corrected chi connectivity index (χ1v) is 8.23. The van der Waals surface area contributed by atoms with E-state index in [4.69, 9.17) is 5.73 Å². The van der Waals surface area contributed by atoms with Gasteiger partial charge in [-0.25, -0.2) is 4.98 Å². The van der Waals surface area contributed by atoms with Crippen LogP contribution in [0.4, 0.5) is 5.95 Å². The zero-order chi connectivity index (χ0) is 15.0. The lowest BCUT2D eigenvalue weighted by atomic mass is 9.91. The van der Waals surface area contributed by atoms with Crippen molar-refractivity contribution in [2.75, 3.05) is 18.0 Å². The molecule has 1 fully saturated rings. The molecule has 0 aliphatic carbocycles. The SMILES string of the molecule is Cc1nc(C)c(-c2nc(N3CCC(C(C)N)CC3)n[nH]2)s1. The van der Waals surface area contributed by atoms with E-state index in [1.54, 1.807) is 11.3 Å². The first-order chi connectivity index (χ1) is 10.0. The number of rotatable bonds is 3. The van der Waals surface area contributed by atoms with Crippen LogP contribution in [-0.2, 0) is 0 Å². The van der Waals surface area contributed by atoms with Gasteiger partial charge in [0.25, 0.3) is 0 Å². The van der Waals surface area contributed by atoms with Gasteiger partial charge in [-0.15, -0.1) is 16.4 Å². The molecule has 0 saturated carbocycles. The molecule has 1 saturated heterocycles. The highest BCUT2D eigenvalue weighted by Gasteiger charge is 2.24. The van der Waals surface area contributed by atoms with E-state index in [-0.39, 0.29) is 6.04 Å². The molecule has 3 heterocycles. The number of H-pyrrole nitrogens is 1. The average molecular weight is 306 g/mol. The third-order valence-corrected chi connectivity index (χ3v) is 5.24. The van der Waals surface area contributed by atoms with Crippen molar-refractivity contribution in [1.82, 2.24) is 20.2 Å². The minimum atomic E-state index is 0.276. The Balaban J connectivity index is 1.73. The van der Waals surface area contributed by atoms with E-state index in [1.807, 2.05) is 13.8 Å². The highest BCUT2D eigenvalue weighted by Crippen LogP contribution is 2.29. The first-order valence-electron chi connectivity index (χ1n) is 7.42. The molecule has 7 heteroatoms. The Kier molecular flexibility index (Phi) is 3.95. The number of aromatic nitrogens is 4. The molecule has 2 aromatic heterocycles. The van der Waals surface area contributed by atoms with E-state index in [1.165, 1.54) is 0 Å². The fraction of sp³-hybridized carbons (Fsp3) is 0.643. The lowest BCUT2D eigenvalue weighted by Gasteiger charge is -2.32. The molecule has 3 rings (SSSR count). The zero-order valence-electron chi connectivity index (χ0n) is 12.8. The van der Waals surface area contributed by atoms with Gasteiger partial charge in [0.1, 0.15) is 0 Å². The molecule has 1 unspecified atom stereocenters. The van der Waals surface area contributed by atoms with E-state index < -0.39 is 0 Å². The Morgan fingerprint density at radius 2 is 2.00 bits per heavy atom. The van der Waals surface area contributed by atoms with Crippen LogP contribution in [0.2, 0.25) is 0 Å². The number of anilines is 1. The molecular weight excluding hydrogens is 284 g/mol. The van der Waals surface area contributed by atoms with Crippen molar-refractivity contribution in [2.24, 2.45) is 11.7 Å². The van der Waals surface area contributed by atoms with Crippen LogP contribution in [0, 0.1) is 19.8 Å². The summed E-state index contributed by atoms with van der Waals surface area (Å²) in [5, 5.41) is 8.48. The molecule has 21 heavy (non-hydrogen) atoms. The molecule has 1 atom stereocenters. The van der Waals surface area contributed by atoms with Crippen molar-refractivity contribution in [3.63, 3.8) is 0 Å². The quantitative estimate of drug-likeness (QED) is 0.907. The van der Waals surface area contributed by atoms with Crippen LogP contribution < -0.4 is 10.6 Å². The van der Waals surface area contributed by atoms with Crippen molar-refractivity contribution >= 4 is 17.3 Å². The second-order valence-electron chi connectivity index (χ2n) is 5.82. The third kappa shape index (κ3) is 2.94. The van der Waals surface area contributed by atoms with Crippen molar-refractivity contribution in [2.45, 2.75) is 39.7 Å². The summed E-state index contributed by atoms with van der Waals surface area (Å²) in [4.78, 5) is 12.4. The minimum absolute atomic E-state index is 0.276. The molecule has 0 bridgehead atoms. The monoisotopic (exact) mass is 306 g/mol. The summed E-state index contributed by atoms with van der Waals surface area (Å²) in [5.41, 5.74) is 7.00. The van der Waals surface area contributed by atoms with Gasteiger partial charge in [0, 0.05) is 19.1 Å². The molecule has 2 aromatic rings. The van der Waals surface area contributed by atoms with Crippen LogP contribution in [0.25, 0.3) is 10.7 Å². The predicted octanol–water partition coefficient (Wildman–Crippen LogP) is 2.11. The zero-order valence-corrected chi connectivity index (χ0v) is 13.6. The standard InChI is InChI=1S/C14H22N6S/c1-8(15)11-4-6-20(7-5-11)14-17-13(18-19-14)12-9(2)16-10(3)21-12/h8,11H,4-7,15H2,1-3H3,(H,17,18,19). The van der Waals surface area contributed by atoms with E-state index in [2.05, 4.69) is 32.0 Å². The Bertz CT molecular complexity index is 609. The van der Waals surface area contributed by atoms with Crippen LogP contribution >= 0.6 is 11.3 Å². The van der Waals surface area contributed by atoms with Crippen LogP contribution in [-0.4, -0.2) is 39.3 Å². The second-order valence-corrected chi connectivity index (χ2v) is 7.02. The smallest absolute Gasteiger partial charge is 0.245 e.